The first-order valence-electron chi connectivity index (χ1n) is 12.5. The van der Waals surface area contributed by atoms with Crippen LogP contribution < -0.4 is 31.9 Å². The normalized spacial score (nSPS) is 10.5. The summed E-state index contributed by atoms with van der Waals surface area (Å²) in [5.74, 6) is -1.04. The molecule has 0 aliphatic rings. The molecule has 0 aromatic rings. The van der Waals surface area contributed by atoms with Gasteiger partial charge in [-0.1, -0.05) is 0 Å². The topological polar surface area (TPSA) is 181 Å². The second-order valence-electron chi connectivity index (χ2n) is 8.49. The third-order valence-electron chi connectivity index (χ3n) is 5.09. The lowest BCUT2D eigenvalue weighted by Crippen LogP contribution is -2.43. The van der Waals surface area contributed by atoms with Gasteiger partial charge in [0.25, 0.3) is 0 Å². The van der Waals surface area contributed by atoms with Gasteiger partial charge in [-0.15, -0.1) is 0 Å². The third kappa shape index (κ3) is 22.9. The van der Waals surface area contributed by atoms with Crippen LogP contribution >= 0.6 is 0 Å². The predicted octanol–water partition coefficient (Wildman–Crippen LogP) is -2.90. The molecule has 0 unspecified atom stereocenters. The highest BCUT2D eigenvalue weighted by atomic mass is 16.2. The zero-order chi connectivity index (χ0) is 28.1. The van der Waals surface area contributed by atoms with Crippen LogP contribution in [-0.4, -0.2) is 117 Å². The molecule has 0 saturated carbocycles. The molecule has 6 amide bonds. The third-order valence-corrected chi connectivity index (χ3v) is 5.09. The van der Waals surface area contributed by atoms with Crippen LogP contribution in [0.4, 0.5) is 0 Å². The summed E-state index contributed by atoms with van der Waals surface area (Å²) in [6, 6.07) is 0. The van der Waals surface area contributed by atoms with E-state index in [-0.39, 0.29) is 55.0 Å². The minimum Gasteiger partial charge on any atom is -0.355 e. The Morgan fingerprint density at radius 3 is 0.946 bits per heavy atom. The van der Waals surface area contributed by atoms with E-state index in [0.29, 0.717) is 65.4 Å². The summed E-state index contributed by atoms with van der Waals surface area (Å²) in [6.45, 7) is 10.4. The lowest BCUT2D eigenvalue weighted by atomic mass is 10.3. The van der Waals surface area contributed by atoms with Crippen molar-refractivity contribution in [1.29, 1.82) is 0 Å². The summed E-state index contributed by atoms with van der Waals surface area (Å²) in [5.41, 5.74) is 0. The van der Waals surface area contributed by atoms with Gasteiger partial charge in [-0.05, 0) is 0 Å². The van der Waals surface area contributed by atoms with E-state index in [0.717, 1.165) is 0 Å². The first-order valence-corrected chi connectivity index (χ1v) is 12.5. The van der Waals surface area contributed by atoms with Crippen LogP contribution in [0.3, 0.4) is 0 Å². The Bertz CT molecular complexity index is 649. The lowest BCUT2D eigenvalue weighted by Gasteiger charge is -2.22. The van der Waals surface area contributed by atoms with E-state index < -0.39 is 0 Å². The van der Waals surface area contributed by atoms with Crippen LogP contribution in [0.1, 0.15) is 40.5 Å². The van der Waals surface area contributed by atoms with Gasteiger partial charge in [-0.2, -0.15) is 0 Å². The van der Waals surface area contributed by atoms with E-state index in [1.165, 1.54) is 27.7 Å². The molecular formula is C23H44N8O6. The van der Waals surface area contributed by atoms with Gasteiger partial charge in [0.2, 0.25) is 35.4 Å². The average Bonchev–Trinajstić information content (AvgIpc) is 2.79. The molecule has 212 valence electrons. The first-order chi connectivity index (χ1) is 17.5. The average molecular weight is 529 g/mol. The number of hydrogen-bond acceptors (Lipinski definition) is 8. The van der Waals surface area contributed by atoms with Gasteiger partial charge in [-0.25, -0.2) is 0 Å². The molecule has 0 saturated heterocycles. The van der Waals surface area contributed by atoms with Gasteiger partial charge in [-0.3, -0.25) is 38.6 Å². The molecule has 0 aliphatic heterocycles. The number of amides is 6. The van der Waals surface area contributed by atoms with Crippen molar-refractivity contribution in [2.75, 3.05) is 72.1 Å². The molecule has 0 aliphatic carbocycles. The Kier molecular flexibility index (Phi) is 19.0. The van der Waals surface area contributed by atoms with Gasteiger partial charge in [0.15, 0.2) is 0 Å². The summed E-state index contributed by atoms with van der Waals surface area (Å²) in [4.78, 5) is 72.6. The Labute approximate surface area is 219 Å². The summed E-state index contributed by atoms with van der Waals surface area (Å²) in [7, 11) is 0. The minimum absolute atomic E-state index is 0.00671. The van der Waals surface area contributed by atoms with Crippen molar-refractivity contribution in [2.24, 2.45) is 0 Å². The Morgan fingerprint density at radius 2 is 0.703 bits per heavy atom. The van der Waals surface area contributed by atoms with Gasteiger partial charge in [0.05, 0.1) is 6.67 Å². The number of hydrogen-bond donors (Lipinski definition) is 6. The van der Waals surface area contributed by atoms with Crippen molar-refractivity contribution in [3.63, 3.8) is 0 Å². The van der Waals surface area contributed by atoms with Gasteiger partial charge < -0.3 is 31.9 Å². The summed E-state index contributed by atoms with van der Waals surface area (Å²) < 4.78 is 0. The molecule has 14 heteroatoms. The second-order valence-corrected chi connectivity index (χ2v) is 8.49. The molecule has 0 radical (unpaired) electrons. The van der Waals surface area contributed by atoms with E-state index in [1.54, 1.807) is 0 Å². The van der Waals surface area contributed by atoms with E-state index in [2.05, 4.69) is 31.9 Å². The molecule has 0 aromatic heterocycles. The molecule has 14 nitrogen and oxygen atoms in total. The molecule has 0 heterocycles. The van der Waals surface area contributed by atoms with Gasteiger partial charge in [0.1, 0.15) is 0 Å². The van der Waals surface area contributed by atoms with Crippen molar-refractivity contribution in [3.05, 3.63) is 0 Å². The van der Waals surface area contributed by atoms with Gasteiger partial charge >= 0.3 is 0 Å². The molecule has 0 aromatic carbocycles. The van der Waals surface area contributed by atoms with Crippen molar-refractivity contribution in [3.8, 4) is 0 Å². The van der Waals surface area contributed by atoms with E-state index in [1.807, 2.05) is 9.80 Å². The zero-order valence-electron chi connectivity index (χ0n) is 22.5. The molecule has 6 N–H and O–H groups in total. The SMILES string of the molecule is CC(=O)NCCN(CCNC(C)=O)CCC(=O)NCNC(=O)CCN(CCNC(C)=O)CCNC(C)=O. The van der Waals surface area contributed by atoms with Crippen molar-refractivity contribution < 1.29 is 28.8 Å². The molecule has 0 atom stereocenters. The number of carbonyl (C=O) groups is 6. The fourth-order valence-corrected chi connectivity index (χ4v) is 3.17. The number of nitrogens with zero attached hydrogens (tertiary/aromatic N) is 2. The van der Waals surface area contributed by atoms with Crippen molar-refractivity contribution in [2.45, 2.75) is 40.5 Å². The highest BCUT2D eigenvalue weighted by Crippen LogP contribution is 1.93. The maximum absolute atomic E-state index is 12.2. The quantitative estimate of drug-likeness (QED) is 0.0911. The maximum Gasteiger partial charge on any atom is 0.222 e. The highest BCUT2D eigenvalue weighted by Gasteiger charge is 2.11. The fourth-order valence-electron chi connectivity index (χ4n) is 3.17. The summed E-state index contributed by atoms with van der Waals surface area (Å²) in [6.07, 6.45) is 0.381. The largest absolute Gasteiger partial charge is 0.355 e. The summed E-state index contributed by atoms with van der Waals surface area (Å²) >= 11 is 0. The molecule has 0 spiro atoms. The van der Waals surface area contributed by atoms with E-state index in [4.69, 9.17) is 0 Å². The monoisotopic (exact) mass is 528 g/mol. The smallest absolute Gasteiger partial charge is 0.222 e. The van der Waals surface area contributed by atoms with E-state index in [9.17, 15) is 28.8 Å². The van der Waals surface area contributed by atoms with Crippen molar-refractivity contribution >= 4 is 35.4 Å². The molecular weight excluding hydrogens is 484 g/mol. The van der Waals surface area contributed by atoms with Crippen LogP contribution in [-0.2, 0) is 28.8 Å². The Morgan fingerprint density at radius 1 is 0.432 bits per heavy atom. The molecule has 0 bridgehead atoms. The summed E-state index contributed by atoms with van der Waals surface area (Å²) in [5, 5.41) is 16.1. The number of nitrogens with one attached hydrogen (secondary N) is 6. The number of rotatable bonds is 20. The molecule has 37 heavy (non-hydrogen) atoms. The first kappa shape index (κ1) is 33.7. The lowest BCUT2D eigenvalue weighted by molar-refractivity contribution is -0.124. The predicted molar refractivity (Wildman–Crippen MR) is 138 cm³/mol. The standard InChI is InChI=1S/C23H44N8O6/c1-18(32)24-7-13-30(14-8-25-19(2)33)11-5-22(36)28-17-29-23(37)6-12-31(15-9-26-20(3)34)16-10-27-21(4)35/h5-17H2,1-4H3,(H,24,32)(H,25,33)(H,26,34)(H,27,35)(H,28,36)(H,29,37). The number of carbonyl (C=O) groups excluding carboxylic acids is 6. The minimum atomic E-state index is -0.239. The maximum atomic E-state index is 12.2. The van der Waals surface area contributed by atoms with Crippen molar-refractivity contribution in [1.82, 2.24) is 41.7 Å². The Balaban J connectivity index is 4.35. The molecule has 0 fully saturated rings. The van der Waals surface area contributed by atoms with Crippen LogP contribution in [0.2, 0.25) is 0 Å². The highest BCUT2D eigenvalue weighted by molar-refractivity contribution is 5.78. The second kappa shape index (κ2) is 20.9. The van der Waals surface area contributed by atoms with Crippen LogP contribution in [0.15, 0.2) is 0 Å². The van der Waals surface area contributed by atoms with Crippen LogP contribution in [0.25, 0.3) is 0 Å². The Hall–Kier alpha value is -3.26. The van der Waals surface area contributed by atoms with E-state index >= 15 is 0 Å². The van der Waals surface area contributed by atoms with Crippen LogP contribution in [0, 0.1) is 0 Å². The van der Waals surface area contributed by atoms with Crippen LogP contribution in [0.5, 0.6) is 0 Å². The van der Waals surface area contributed by atoms with Gasteiger partial charge in [0, 0.05) is 106 Å². The molecule has 0 rings (SSSR count). The zero-order valence-corrected chi connectivity index (χ0v) is 22.5. The fraction of sp³-hybridized carbons (Fsp3) is 0.739.